The Bertz CT molecular complexity index is 861. The molecule has 2 saturated heterocycles. The molecule has 1 N–H and O–H groups in total. The quantitative estimate of drug-likeness (QED) is 0.622. The predicted molar refractivity (Wildman–Crippen MR) is 131 cm³/mol. The fourth-order valence-corrected chi connectivity index (χ4v) is 5.12. The number of nitrogens with one attached hydrogen (secondary N) is 1. The van der Waals surface area contributed by atoms with Crippen LogP contribution in [0.1, 0.15) is 55.2 Å². The van der Waals surface area contributed by atoms with Crippen molar-refractivity contribution in [1.29, 1.82) is 0 Å². The van der Waals surface area contributed by atoms with Crippen LogP contribution in [0.25, 0.3) is 0 Å². The zero-order valence-electron chi connectivity index (χ0n) is 19.1. The van der Waals surface area contributed by atoms with Gasteiger partial charge in [-0.1, -0.05) is 66.9 Å². The van der Waals surface area contributed by atoms with Gasteiger partial charge in [0.2, 0.25) is 5.91 Å². The molecule has 2 aliphatic rings. The largest absolute Gasteiger partial charge is 0.352 e. The summed E-state index contributed by atoms with van der Waals surface area (Å²) in [7, 11) is 0. The monoisotopic (exact) mass is 453 g/mol. The Morgan fingerprint density at radius 2 is 1.53 bits per heavy atom. The Hall–Kier alpha value is -1.88. The summed E-state index contributed by atoms with van der Waals surface area (Å²) in [5.41, 5.74) is 3.67. The molecule has 2 aliphatic heterocycles. The van der Waals surface area contributed by atoms with Gasteiger partial charge in [0, 0.05) is 31.2 Å². The van der Waals surface area contributed by atoms with Gasteiger partial charge < -0.3 is 5.32 Å². The number of amides is 1. The normalized spacial score (nSPS) is 20.6. The number of likely N-dealkylation sites (tertiary alicyclic amines) is 2. The number of carbonyl (C=O) groups is 1. The molecule has 32 heavy (non-hydrogen) atoms. The number of carbonyl (C=O) groups excluding carboxylic acids is 1. The molecule has 4 nitrogen and oxygen atoms in total. The van der Waals surface area contributed by atoms with E-state index in [0.717, 1.165) is 49.6 Å². The number of piperidine rings is 1. The van der Waals surface area contributed by atoms with Crippen molar-refractivity contribution >= 4 is 17.5 Å². The van der Waals surface area contributed by atoms with Gasteiger partial charge in [-0.2, -0.15) is 0 Å². The van der Waals surface area contributed by atoms with Gasteiger partial charge in [0.25, 0.3) is 0 Å². The van der Waals surface area contributed by atoms with Crippen LogP contribution < -0.4 is 5.32 Å². The van der Waals surface area contributed by atoms with E-state index in [-0.39, 0.29) is 11.8 Å². The van der Waals surface area contributed by atoms with Gasteiger partial charge in [-0.15, -0.1) is 0 Å². The maximum Gasteiger partial charge on any atom is 0.224 e. The third kappa shape index (κ3) is 6.81. The molecule has 2 fully saturated rings. The number of halogens is 1. The van der Waals surface area contributed by atoms with Gasteiger partial charge in [0.15, 0.2) is 0 Å². The SMILES string of the molecule is O=C(NCc1ccc(CN2CCCCCC2)cc1)C1CCCN(Cc2ccccc2Cl)C1. The first kappa shape index (κ1) is 23.3. The maximum absolute atomic E-state index is 12.8. The molecule has 0 saturated carbocycles. The predicted octanol–water partition coefficient (Wildman–Crippen LogP) is 5.24. The van der Waals surface area contributed by atoms with Gasteiger partial charge in [-0.3, -0.25) is 14.6 Å². The highest BCUT2D eigenvalue weighted by molar-refractivity contribution is 6.31. The lowest BCUT2D eigenvalue weighted by atomic mass is 9.96. The van der Waals surface area contributed by atoms with E-state index < -0.39 is 0 Å². The molecule has 172 valence electrons. The molecule has 4 rings (SSSR count). The molecule has 0 radical (unpaired) electrons. The van der Waals surface area contributed by atoms with Gasteiger partial charge in [0.05, 0.1) is 5.92 Å². The topological polar surface area (TPSA) is 35.6 Å². The van der Waals surface area contributed by atoms with Crippen molar-refractivity contribution < 1.29 is 4.79 Å². The van der Waals surface area contributed by atoms with Crippen molar-refractivity contribution in [1.82, 2.24) is 15.1 Å². The van der Waals surface area contributed by atoms with Gasteiger partial charge >= 0.3 is 0 Å². The third-order valence-electron chi connectivity index (χ3n) is 6.82. The Kier molecular flexibility index (Phi) is 8.61. The first-order chi connectivity index (χ1) is 15.7. The molecule has 1 unspecified atom stereocenters. The standard InChI is InChI=1S/C27H36ClN3O/c28-26-10-4-3-8-24(26)20-31-17-7-9-25(21-31)27(32)29-18-22-11-13-23(14-12-22)19-30-15-5-1-2-6-16-30/h3-4,8,10-14,25H,1-2,5-7,9,15-21H2,(H,29,32). The van der Waals surface area contributed by atoms with Crippen LogP contribution in [0, 0.1) is 5.92 Å². The summed E-state index contributed by atoms with van der Waals surface area (Å²) < 4.78 is 0. The highest BCUT2D eigenvalue weighted by Gasteiger charge is 2.26. The minimum Gasteiger partial charge on any atom is -0.352 e. The second-order valence-electron chi connectivity index (χ2n) is 9.39. The number of hydrogen-bond acceptors (Lipinski definition) is 3. The Morgan fingerprint density at radius 3 is 2.28 bits per heavy atom. The van der Waals surface area contributed by atoms with Gasteiger partial charge in [-0.25, -0.2) is 0 Å². The van der Waals surface area contributed by atoms with Crippen LogP contribution in [0.4, 0.5) is 0 Å². The Balaban J connectivity index is 1.23. The van der Waals surface area contributed by atoms with Crippen LogP contribution in [-0.2, 0) is 24.4 Å². The maximum atomic E-state index is 12.8. The molecule has 5 heteroatoms. The van der Waals surface area contributed by atoms with E-state index in [1.165, 1.54) is 49.9 Å². The minimum atomic E-state index is 0.0496. The van der Waals surface area contributed by atoms with E-state index in [9.17, 15) is 4.79 Å². The summed E-state index contributed by atoms with van der Waals surface area (Å²) in [6, 6.07) is 16.8. The summed E-state index contributed by atoms with van der Waals surface area (Å²) >= 11 is 6.32. The summed E-state index contributed by atoms with van der Waals surface area (Å²) in [4.78, 5) is 17.8. The second kappa shape index (κ2) is 11.8. The van der Waals surface area contributed by atoms with Crippen molar-refractivity contribution in [2.75, 3.05) is 26.2 Å². The van der Waals surface area contributed by atoms with Gasteiger partial charge in [0.1, 0.15) is 0 Å². The zero-order valence-corrected chi connectivity index (χ0v) is 19.8. The van der Waals surface area contributed by atoms with E-state index in [4.69, 9.17) is 11.6 Å². The highest BCUT2D eigenvalue weighted by Crippen LogP contribution is 2.22. The van der Waals surface area contributed by atoms with E-state index >= 15 is 0 Å². The molecule has 2 aromatic rings. The summed E-state index contributed by atoms with van der Waals surface area (Å²) in [5, 5.41) is 3.98. The molecule has 0 aliphatic carbocycles. The average Bonchev–Trinajstić information content (AvgIpc) is 3.09. The fraction of sp³-hybridized carbons (Fsp3) is 0.519. The lowest BCUT2D eigenvalue weighted by Gasteiger charge is -2.32. The Labute approximate surface area is 197 Å². The van der Waals surface area contributed by atoms with Crippen LogP contribution in [0.2, 0.25) is 5.02 Å². The van der Waals surface area contributed by atoms with E-state index in [0.29, 0.717) is 6.54 Å². The van der Waals surface area contributed by atoms with Crippen molar-refractivity contribution in [3.05, 3.63) is 70.2 Å². The molecule has 2 heterocycles. The molecule has 0 aromatic heterocycles. The summed E-state index contributed by atoms with van der Waals surface area (Å²) in [5.74, 6) is 0.219. The summed E-state index contributed by atoms with van der Waals surface area (Å²) in [6.45, 7) is 6.69. The van der Waals surface area contributed by atoms with Crippen molar-refractivity contribution in [3.63, 3.8) is 0 Å². The number of rotatable bonds is 7. The first-order valence-electron chi connectivity index (χ1n) is 12.2. The number of nitrogens with zero attached hydrogens (tertiary/aromatic N) is 2. The second-order valence-corrected chi connectivity index (χ2v) is 9.80. The van der Waals surface area contributed by atoms with Gasteiger partial charge in [-0.05, 0) is 68.1 Å². The lowest BCUT2D eigenvalue weighted by Crippen LogP contribution is -2.42. The van der Waals surface area contributed by atoms with Crippen molar-refractivity contribution in [2.45, 2.75) is 58.2 Å². The van der Waals surface area contributed by atoms with E-state index in [2.05, 4.69) is 45.4 Å². The zero-order chi connectivity index (χ0) is 22.2. The van der Waals surface area contributed by atoms with Crippen LogP contribution in [0.15, 0.2) is 48.5 Å². The number of hydrogen-bond donors (Lipinski definition) is 1. The van der Waals surface area contributed by atoms with E-state index in [1.54, 1.807) is 0 Å². The summed E-state index contributed by atoms with van der Waals surface area (Å²) in [6.07, 6.45) is 7.39. The van der Waals surface area contributed by atoms with Crippen LogP contribution in [0.3, 0.4) is 0 Å². The Morgan fingerprint density at radius 1 is 0.844 bits per heavy atom. The average molecular weight is 454 g/mol. The van der Waals surface area contributed by atoms with Crippen molar-refractivity contribution in [3.8, 4) is 0 Å². The molecule has 0 bridgehead atoms. The number of benzene rings is 2. The molecular formula is C27H36ClN3O. The van der Waals surface area contributed by atoms with Crippen LogP contribution in [0.5, 0.6) is 0 Å². The third-order valence-corrected chi connectivity index (χ3v) is 7.19. The van der Waals surface area contributed by atoms with Crippen molar-refractivity contribution in [2.24, 2.45) is 5.92 Å². The molecule has 1 amide bonds. The fourth-order valence-electron chi connectivity index (χ4n) is 4.93. The van der Waals surface area contributed by atoms with Crippen LogP contribution in [-0.4, -0.2) is 41.9 Å². The molecule has 0 spiro atoms. The molecule has 2 aromatic carbocycles. The lowest BCUT2D eigenvalue weighted by molar-refractivity contribution is -0.126. The first-order valence-corrected chi connectivity index (χ1v) is 12.6. The van der Waals surface area contributed by atoms with Crippen LogP contribution >= 0.6 is 11.6 Å². The highest BCUT2D eigenvalue weighted by atomic mass is 35.5. The minimum absolute atomic E-state index is 0.0496. The smallest absolute Gasteiger partial charge is 0.224 e. The molecule has 1 atom stereocenters. The molecular weight excluding hydrogens is 418 g/mol. The van der Waals surface area contributed by atoms with E-state index in [1.807, 2.05) is 18.2 Å².